The first-order valence-electron chi connectivity index (χ1n) is 10.9. The zero-order valence-electron chi connectivity index (χ0n) is 19.0. The first kappa shape index (κ1) is 25.2. The molecule has 0 aliphatic carbocycles. The number of benzene rings is 1. The number of ether oxygens (including phenoxy) is 2. The van der Waals surface area contributed by atoms with E-state index >= 15 is 0 Å². The Morgan fingerprint density at radius 1 is 1.03 bits per heavy atom. The number of carbonyl (C=O) groups excluding carboxylic acids is 4. The summed E-state index contributed by atoms with van der Waals surface area (Å²) in [6.45, 7) is 6.06. The topological polar surface area (TPSA) is 114 Å². The maximum atomic E-state index is 12.9. The smallest absolute Gasteiger partial charge is 0.407 e. The van der Waals surface area contributed by atoms with Crippen molar-refractivity contribution in [3.63, 3.8) is 0 Å². The molecule has 1 aliphatic rings. The molecule has 9 heteroatoms. The highest BCUT2D eigenvalue weighted by Crippen LogP contribution is 2.14. The number of likely N-dealkylation sites (tertiary alicyclic amines) is 1. The molecule has 0 aromatic heterocycles. The molecule has 1 fully saturated rings. The van der Waals surface area contributed by atoms with Crippen LogP contribution in [0.5, 0.6) is 0 Å². The summed E-state index contributed by atoms with van der Waals surface area (Å²) in [5, 5.41) is 4.91. The van der Waals surface area contributed by atoms with Gasteiger partial charge in [-0.05, 0) is 45.6 Å². The van der Waals surface area contributed by atoms with Gasteiger partial charge in [0.25, 0.3) is 0 Å². The minimum atomic E-state index is -1.06. The molecule has 32 heavy (non-hydrogen) atoms. The van der Waals surface area contributed by atoms with E-state index in [9.17, 15) is 19.2 Å². The molecule has 1 aromatic rings. The minimum absolute atomic E-state index is 0.0724. The van der Waals surface area contributed by atoms with Crippen molar-refractivity contribution in [3.8, 4) is 0 Å². The molecule has 0 bridgehead atoms. The number of hydrogen-bond acceptors (Lipinski definition) is 6. The lowest BCUT2D eigenvalue weighted by Gasteiger charge is -2.31. The van der Waals surface area contributed by atoms with Crippen molar-refractivity contribution in [1.29, 1.82) is 0 Å². The molecule has 1 saturated heterocycles. The van der Waals surface area contributed by atoms with E-state index in [4.69, 9.17) is 9.47 Å². The molecule has 1 unspecified atom stereocenters. The van der Waals surface area contributed by atoms with Gasteiger partial charge < -0.3 is 25.0 Å². The number of esters is 1. The Balaban J connectivity index is 1.88. The second-order valence-corrected chi connectivity index (χ2v) is 8.71. The fourth-order valence-electron chi connectivity index (χ4n) is 3.26. The lowest BCUT2D eigenvalue weighted by molar-refractivity contribution is -0.157. The molecule has 2 rings (SSSR count). The van der Waals surface area contributed by atoms with E-state index < -0.39 is 29.6 Å². The molecule has 176 valence electrons. The van der Waals surface area contributed by atoms with Crippen LogP contribution in [-0.2, 0) is 30.5 Å². The Morgan fingerprint density at radius 2 is 1.69 bits per heavy atom. The molecule has 1 aliphatic heterocycles. The van der Waals surface area contributed by atoms with Gasteiger partial charge in [-0.2, -0.15) is 0 Å². The highest BCUT2D eigenvalue weighted by Gasteiger charge is 2.31. The predicted octanol–water partition coefficient (Wildman–Crippen LogP) is 2.14. The Morgan fingerprint density at radius 3 is 2.31 bits per heavy atom. The fourth-order valence-corrected chi connectivity index (χ4v) is 3.26. The number of nitrogens with zero attached hydrogens (tertiary/aromatic N) is 1. The Labute approximate surface area is 188 Å². The first-order chi connectivity index (χ1) is 15.1. The van der Waals surface area contributed by atoms with Crippen molar-refractivity contribution in [2.75, 3.05) is 19.6 Å². The van der Waals surface area contributed by atoms with E-state index in [0.717, 1.165) is 24.8 Å². The third kappa shape index (κ3) is 9.36. The van der Waals surface area contributed by atoms with Crippen molar-refractivity contribution in [2.45, 2.75) is 64.7 Å². The quantitative estimate of drug-likeness (QED) is 0.590. The van der Waals surface area contributed by atoms with Gasteiger partial charge in [-0.3, -0.25) is 14.4 Å². The first-order valence-corrected chi connectivity index (χ1v) is 10.9. The van der Waals surface area contributed by atoms with Crippen molar-refractivity contribution in [3.05, 3.63) is 35.9 Å². The molecule has 2 N–H and O–H groups in total. The van der Waals surface area contributed by atoms with Gasteiger partial charge in [-0.15, -0.1) is 0 Å². The normalized spacial score (nSPS) is 14.8. The molecule has 0 saturated carbocycles. The van der Waals surface area contributed by atoms with Gasteiger partial charge in [0.05, 0.1) is 6.42 Å². The van der Waals surface area contributed by atoms with Gasteiger partial charge in [-0.25, -0.2) is 4.79 Å². The SMILES string of the molecule is CC(C)(C)OC(=O)CC(NC(=O)CNC(=O)OCc1ccccc1)C(=O)N1CCCCC1. The monoisotopic (exact) mass is 447 g/mol. The third-order valence-corrected chi connectivity index (χ3v) is 4.70. The predicted molar refractivity (Wildman–Crippen MR) is 117 cm³/mol. The van der Waals surface area contributed by atoms with Crippen molar-refractivity contribution < 1.29 is 28.7 Å². The van der Waals surface area contributed by atoms with E-state index in [1.54, 1.807) is 25.7 Å². The number of piperidine rings is 1. The summed E-state index contributed by atoms with van der Waals surface area (Å²) in [6.07, 6.45) is 1.77. The van der Waals surface area contributed by atoms with Crippen LogP contribution in [0.3, 0.4) is 0 Å². The van der Waals surface area contributed by atoms with E-state index in [1.807, 2.05) is 30.3 Å². The summed E-state index contributed by atoms with van der Waals surface area (Å²) in [6, 6.07) is 8.08. The van der Waals surface area contributed by atoms with Crippen LogP contribution in [-0.4, -0.2) is 60.1 Å². The summed E-state index contributed by atoms with van der Waals surface area (Å²) in [5.41, 5.74) is 0.112. The third-order valence-electron chi connectivity index (χ3n) is 4.70. The maximum absolute atomic E-state index is 12.9. The van der Waals surface area contributed by atoms with E-state index in [0.29, 0.717) is 13.1 Å². The minimum Gasteiger partial charge on any atom is -0.460 e. The van der Waals surface area contributed by atoms with Crippen molar-refractivity contribution in [2.24, 2.45) is 0 Å². The van der Waals surface area contributed by atoms with Gasteiger partial charge in [0.2, 0.25) is 11.8 Å². The van der Waals surface area contributed by atoms with Gasteiger partial charge in [0.1, 0.15) is 24.8 Å². The van der Waals surface area contributed by atoms with Crippen LogP contribution in [0.4, 0.5) is 4.79 Å². The lowest BCUT2D eigenvalue weighted by Crippen LogP contribution is -2.52. The molecule has 1 heterocycles. The summed E-state index contributed by atoms with van der Waals surface area (Å²) in [7, 11) is 0. The zero-order valence-corrected chi connectivity index (χ0v) is 19.0. The molecular formula is C23H33N3O6. The van der Waals surface area contributed by atoms with Crippen LogP contribution in [0.2, 0.25) is 0 Å². The molecule has 1 atom stereocenters. The summed E-state index contributed by atoms with van der Waals surface area (Å²) in [4.78, 5) is 51.1. The number of amides is 3. The number of nitrogens with one attached hydrogen (secondary N) is 2. The van der Waals surface area contributed by atoms with Crippen LogP contribution in [0.25, 0.3) is 0 Å². The van der Waals surface area contributed by atoms with Crippen LogP contribution in [0, 0.1) is 0 Å². The maximum Gasteiger partial charge on any atom is 0.407 e. The summed E-state index contributed by atoms with van der Waals surface area (Å²) in [5.74, 6) is -1.50. The second-order valence-electron chi connectivity index (χ2n) is 8.71. The highest BCUT2D eigenvalue weighted by molar-refractivity contribution is 5.92. The average molecular weight is 448 g/mol. The van der Waals surface area contributed by atoms with Gasteiger partial charge in [0, 0.05) is 13.1 Å². The number of alkyl carbamates (subject to hydrolysis) is 1. The Kier molecular flexibility index (Phi) is 9.49. The largest absolute Gasteiger partial charge is 0.460 e. The number of carbonyl (C=O) groups is 4. The fraction of sp³-hybridized carbons (Fsp3) is 0.565. The molecule has 9 nitrogen and oxygen atoms in total. The summed E-state index contributed by atoms with van der Waals surface area (Å²) >= 11 is 0. The van der Waals surface area contributed by atoms with Gasteiger partial charge >= 0.3 is 12.1 Å². The lowest BCUT2D eigenvalue weighted by atomic mass is 10.1. The van der Waals surface area contributed by atoms with Crippen molar-refractivity contribution >= 4 is 23.9 Å². The van der Waals surface area contributed by atoms with Crippen molar-refractivity contribution in [1.82, 2.24) is 15.5 Å². The number of hydrogen-bond donors (Lipinski definition) is 2. The van der Waals surface area contributed by atoms with Gasteiger partial charge in [-0.1, -0.05) is 30.3 Å². The van der Waals surface area contributed by atoms with Gasteiger partial charge in [0.15, 0.2) is 0 Å². The Hall–Kier alpha value is -3.10. The molecular weight excluding hydrogens is 414 g/mol. The van der Waals surface area contributed by atoms with Crippen LogP contribution in [0.1, 0.15) is 52.0 Å². The van der Waals surface area contributed by atoms with E-state index in [1.165, 1.54) is 0 Å². The van der Waals surface area contributed by atoms with Crippen LogP contribution in [0.15, 0.2) is 30.3 Å². The zero-order chi connectivity index (χ0) is 23.6. The molecule has 0 spiro atoms. The van der Waals surface area contributed by atoms with E-state index in [-0.39, 0.29) is 25.5 Å². The van der Waals surface area contributed by atoms with E-state index in [2.05, 4.69) is 10.6 Å². The average Bonchev–Trinajstić information content (AvgIpc) is 2.75. The second kappa shape index (κ2) is 12.1. The number of rotatable bonds is 8. The summed E-state index contributed by atoms with van der Waals surface area (Å²) < 4.78 is 10.4. The van der Waals surface area contributed by atoms with Crippen LogP contribution < -0.4 is 10.6 Å². The Bertz CT molecular complexity index is 785. The molecule has 3 amide bonds. The standard InChI is InChI=1S/C23H33N3O6/c1-23(2,3)32-20(28)14-18(21(29)26-12-8-5-9-13-26)25-19(27)15-24-22(30)31-16-17-10-6-4-7-11-17/h4,6-7,10-11,18H,5,8-9,12-16H2,1-3H3,(H,24,30)(H,25,27). The molecule has 0 radical (unpaired) electrons. The van der Waals surface area contributed by atoms with Crippen LogP contribution >= 0.6 is 0 Å². The highest BCUT2D eigenvalue weighted by atomic mass is 16.6. The molecule has 1 aromatic carbocycles.